The molecule has 0 unspecified atom stereocenters. The van der Waals surface area contributed by atoms with Crippen molar-refractivity contribution in [2.75, 3.05) is 0 Å². The third-order valence-electron chi connectivity index (χ3n) is 4.10. The molecule has 3 rings (SSSR count). The molecule has 11 heteroatoms. The van der Waals surface area contributed by atoms with Crippen molar-refractivity contribution in [1.29, 1.82) is 0 Å². The second-order valence-electron chi connectivity index (χ2n) is 6.37. The Bertz CT molecular complexity index is 1120. The lowest BCUT2D eigenvalue weighted by molar-refractivity contribution is -0.143. The van der Waals surface area contributed by atoms with E-state index in [9.17, 15) is 26.3 Å². The third-order valence-corrected chi connectivity index (χ3v) is 4.84. The van der Waals surface area contributed by atoms with Gasteiger partial charge in [-0.3, -0.25) is 0 Å². The first-order chi connectivity index (χ1) is 14.4. The number of aromatic nitrogens is 3. The Hall–Kier alpha value is -2.70. The molecule has 0 bridgehead atoms. The van der Waals surface area contributed by atoms with Crippen molar-refractivity contribution in [3.63, 3.8) is 0 Å². The predicted molar refractivity (Wildman–Crippen MR) is 103 cm³/mol. The Morgan fingerprint density at radius 3 is 2.10 bits per heavy atom. The Morgan fingerprint density at radius 2 is 1.52 bits per heavy atom. The van der Waals surface area contributed by atoms with Gasteiger partial charge in [-0.2, -0.15) is 26.3 Å². The fourth-order valence-electron chi connectivity index (χ4n) is 2.63. The van der Waals surface area contributed by atoms with E-state index >= 15 is 0 Å². The minimum Gasteiger partial charge on any atom is -0.228 e. The fourth-order valence-corrected chi connectivity index (χ4v) is 3.01. The summed E-state index contributed by atoms with van der Waals surface area (Å²) in [5.74, 6) is 5.47. The lowest BCUT2D eigenvalue weighted by atomic mass is 10.0. The highest BCUT2D eigenvalue weighted by molar-refractivity contribution is 6.31. The maximum Gasteiger partial charge on any atom is 0.416 e. The highest BCUT2D eigenvalue weighted by atomic mass is 35.5. The fraction of sp³-hybridized carbons (Fsp3) is 0.200. The molecular formula is C20H11Cl2F6N3. The summed E-state index contributed by atoms with van der Waals surface area (Å²) in [6, 6.07) is 8.30. The van der Waals surface area contributed by atoms with Crippen LogP contribution < -0.4 is 0 Å². The van der Waals surface area contributed by atoms with E-state index in [0.717, 1.165) is 10.2 Å². The average molecular weight is 478 g/mol. The summed E-state index contributed by atoms with van der Waals surface area (Å²) in [6.45, 7) is -0.453. The number of halogens is 8. The number of nitrogens with zero attached hydrogens (tertiary/aromatic N) is 3. The average Bonchev–Trinajstić information content (AvgIpc) is 3.01. The van der Waals surface area contributed by atoms with Gasteiger partial charge >= 0.3 is 12.4 Å². The van der Waals surface area contributed by atoms with E-state index < -0.39 is 30.0 Å². The standard InChI is InChI=1S/C20H11Cl2F6N3/c21-16-6-2-1-4-13(16)5-3-7-17-18(22)31(30-29-17)11-12-8-14(19(23,24)25)10-15(9-12)20(26,27)28/h1-2,4,6,8-10H,5,11H2. The van der Waals surface area contributed by atoms with E-state index in [2.05, 4.69) is 22.2 Å². The summed E-state index contributed by atoms with van der Waals surface area (Å²) in [5.41, 5.74) is -2.33. The van der Waals surface area contributed by atoms with Gasteiger partial charge in [0.1, 0.15) is 0 Å². The Kier molecular flexibility index (Phi) is 6.53. The van der Waals surface area contributed by atoms with Gasteiger partial charge in [-0.1, -0.05) is 52.5 Å². The first kappa shape index (κ1) is 23.0. The van der Waals surface area contributed by atoms with Crippen molar-refractivity contribution >= 4 is 23.2 Å². The number of hydrogen-bond acceptors (Lipinski definition) is 2. The second-order valence-corrected chi connectivity index (χ2v) is 7.14. The molecule has 1 aromatic heterocycles. The molecule has 3 nitrogen and oxygen atoms in total. The van der Waals surface area contributed by atoms with Crippen LogP contribution in [0.3, 0.4) is 0 Å². The van der Waals surface area contributed by atoms with Crippen LogP contribution in [-0.2, 0) is 25.3 Å². The summed E-state index contributed by atoms with van der Waals surface area (Å²) in [5, 5.41) is 7.83. The zero-order valence-electron chi connectivity index (χ0n) is 15.3. The van der Waals surface area contributed by atoms with Crippen LogP contribution >= 0.6 is 23.2 Å². The number of benzene rings is 2. The molecule has 2 aromatic carbocycles. The molecule has 0 saturated carbocycles. The van der Waals surface area contributed by atoms with Crippen molar-refractivity contribution in [3.8, 4) is 11.8 Å². The molecule has 1 heterocycles. The van der Waals surface area contributed by atoms with Gasteiger partial charge in [0, 0.05) is 11.4 Å². The number of hydrogen-bond donors (Lipinski definition) is 0. The topological polar surface area (TPSA) is 30.7 Å². The normalized spacial score (nSPS) is 11.9. The molecule has 0 radical (unpaired) electrons. The smallest absolute Gasteiger partial charge is 0.228 e. The van der Waals surface area contributed by atoms with E-state index in [1.807, 2.05) is 0 Å². The van der Waals surface area contributed by atoms with Crippen LogP contribution in [0.4, 0.5) is 26.3 Å². The van der Waals surface area contributed by atoms with Gasteiger partial charge in [0.05, 0.1) is 17.7 Å². The van der Waals surface area contributed by atoms with Gasteiger partial charge in [-0.25, -0.2) is 4.68 Å². The molecule has 0 aliphatic heterocycles. The summed E-state index contributed by atoms with van der Waals surface area (Å²) in [6.07, 6.45) is -9.61. The van der Waals surface area contributed by atoms with Gasteiger partial charge in [-0.15, -0.1) is 5.10 Å². The quantitative estimate of drug-likeness (QED) is 0.329. The van der Waals surface area contributed by atoms with E-state index in [0.29, 0.717) is 17.2 Å². The molecule has 0 fully saturated rings. The van der Waals surface area contributed by atoms with Gasteiger partial charge in [0.2, 0.25) is 0 Å². The SMILES string of the molecule is FC(F)(F)c1cc(Cn2nnc(C#CCc3ccccc3Cl)c2Cl)cc(C(F)(F)F)c1. The Labute approximate surface area is 182 Å². The van der Waals surface area contributed by atoms with E-state index in [-0.39, 0.29) is 28.9 Å². The lowest BCUT2D eigenvalue weighted by Gasteiger charge is -2.14. The van der Waals surface area contributed by atoms with Crippen molar-refractivity contribution in [2.45, 2.75) is 25.3 Å². The van der Waals surface area contributed by atoms with Gasteiger partial charge < -0.3 is 0 Å². The van der Waals surface area contributed by atoms with Crippen LogP contribution in [-0.4, -0.2) is 15.0 Å². The summed E-state index contributed by atoms with van der Waals surface area (Å²) < 4.78 is 79.0. The van der Waals surface area contributed by atoms with Crippen LogP contribution in [0.5, 0.6) is 0 Å². The molecule has 0 aliphatic carbocycles. The number of rotatable bonds is 3. The molecule has 31 heavy (non-hydrogen) atoms. The molecule has 0 saturated heterocycles. The maximum atomic E-state index is 13.0. The second kappa shape index (κ2) is 8.81. The summed E-state index contributed by atoms with van der Waals surface area (Å²) >= 11 is 12.1. The molecule has 3 aromatic rings. The van der Waals surface area contributed by atoms with Crippen LogP contribution in [0, 0.1) is 11.8 Å². The zero-order chi connectivity index (χ0) is 22.8. The van der Waals surface area contributed by atoms with E-state index in [1.165, 1.54) is 0 Å². The molecular weight excluding hydrogens is 467 g/mol. The molecule has 0 atom stereocenters. The summed E-state index contributed by atoms with van der Waals surface area (Å²) in [7, 11) is 0. The van der Waals surface area contributed by atoms with Crippen molar-refractivity contribution < 1.29 is 26.3 Å². The monoisotopic (exact) mass is 477 g/mol. The van der Waals surface area contributed by atoms with Crippen molar-refractivity contribution in [3.05, 3.63) is 80.6 Å². The van der Waals surface area contributed by atoms with Crippen LogP contribution in [0.15, 0.2) is 42.5 Å². The Balaban J connectivity index is 1.86. The lowest BCUT2D eigenvalue weighted by Crippen LogP contribution is -2.13. The maximum absolute atomic E-state index is 13.0. The van der Waals surface area contributed by atoms with Crippen LogP contribution in [0.2, 0.25) is 10.2 Å². The predicted octanol–water partition coefficient (Wildman–Crippen LogP) is 6.27. The molecule has 162 valence electrons. The number of alkyl halides is 6. The minimum atomic E-state index is -4.95. The molecule has 0 amide bonds. The minimum absolute atomic E-state index is 0.0386. The van der Waals surface area contributed by atoms with Crippen LogP contribution in [0.25, 0.3) is 0 Å². The largest absolute Gasteiger partial charge is 0.416 e. The zero-order valence-corrected chi connectivity index (χ0v) is 16.8. The van der Waals surface area contributed by atoms with Gasteiger partial charge in [-0.05, 0) is 41.3 Å². The van der Waals surface area contributed by atoms with Crippen molar-refractivity contribution in [2.24, 2.45) is 0 Å². The molecule has 0 aliphatic rings. The van der Waals surface area contributed by atoms with Gasteiger partial charge in [0.25, 0.3) is 0 Å². The Morgan fingerprint density at radius 1 is 0.903 bits per heavy atom. The van der Waals surface area contributed by atoms with E-state index in [1.54, 1.807) is 24.3 Å². The van der Waals surface area contributed by atoms with Gasteiger partial charge in [0.15, 0.2) is 10.8 Å². The third kappa shape index (κ3) is 5.71. The summed E-state index contributed by atoms with van der Waals surface area (Å²) in [4.78, 5) is 0. The van der Waals surface area contributed by atoms with Crippen molar-refractivity contribution in [1.82, 2.24) is 15.0 Å². The first-order valence-corrected chi connectivity index (χ1v) is 9.30. The van der Waals surface area contributed by atoms with E-state index in [4.69, 9.17) is 23.2 Å². The highest BCUT2D eigenvalue weighted by Gasteiger charge is 2.37. The first-order valence-electron chi connectivity index (χ1n) is 8.55. The molecule has 0 N–H and O–H groups in total. The molecule has 0 spiro atoms. The highest BCUT2D eigenvalue weighted by Crippen LogP contribution is 2.36. The van der Waals surface area contributed by atoms with Crippen LogP contribution in [0.1, 0.15) is 27.9 Å².